The molecule has 0 unspecified atom stereocenters. The summed E-state index contributed by atoms with van der Waals surface area (Å²) in [6.45, 7) is 3.75. The minimum atomic E-state index is -4.32. The molecule has 0 aromatic heterocycles. The number of hydrogen-bond donors (Lipinski definition) is 0. The highest BCUT2D eigenvalue weighted by atomic mass is 19.4. The average Bonchev–Trinajstić information content (AvgIpc) is 2.70. The van der Waals surface area contributed by atoms with E-state index in [0.717, 1.165) is 28.8 Å². The maximum absolute atomic E-state index is 12.8. The summed E-state index contributed by atoms with van der Waals surface area (Å²) >= 11 is 0. The van der Waals surface area contributed by atoms with Crippen LogP contribution in [-0.2, 0) is 19.3 Å². The van der Waals surface area contributed by atoms with Crippen molar-refractivity contribution in [3.8, 4) is 11.8 Å². The lowest BCUT2D eigenvalue weighted by Gasteiger charge is -2.20. The Balaban J connectivity index is 1.74. The Morgan fingerprint density at radius 3 is 1.86 bits per heavy atom. The van der Waals surface area contributed by atoms with Crippen LogP contribution in [-0.4, -0.2) is 11.4 Å². The predicted molar refractivity (Wildman–Crippen MR) is 110 cm³/mol. The van der Waals surface area contributed by atoms with Gasteiger partial charge in [-0.1, -0.05) is 72.0 Å². The van der Waals surface area contributed by atoms with E-state index in [0.29, 0.717) is 19.6 Å². The molecule has 3 rings (SSSR count). The number of aryl methyl sites for hydroxylation is 1. The van der Waals surface area contributed by atoms with E-state index in [1.807, 2.05) is 37.3 Å². The second kappa shape index (κ2) is 9.45. The monoisotopic (exact) mass is 393 g/mol. The first-order valence-corrected chi connectivity index (χ1v) is 9.38. The molecule has 0 heterocycles. The molecule has 0 amide bonds. The topological polar surface area (TPSA) is 3.24 Å². The van der Waals surface area contributed by atoms with Gasteiger partial charge in [-0.25, -0.2) is 0 Å². The van der Waals surface area contributed by atoms with Crippen LogP contribution in [0.15, 0.2) is 78.9 Å². The zero-order chi connectivity index (χ0) is 20.7. The van der Waals surface area contributed by atoms with Crippen molar-refractivity contribution in [1.82, 2.24) is 4.90 Å². The summed E-state index contributed by atoms with van der Waals surface area (Å²) < 4.78 is 38.4. The maximum atomic E-state index is 12.8. The third kappa shape index (κ3) is 6.51. The fourth-order valence-electron chi connectivity index (χ4n) is 2.95. The Morgan fingerprint density at radius 1 is 0.759 bits per heavy atom. The third-order valence-corrected chi connectivity index (χ3v) is 4.52. The van der Waals surface area contributed by atoms with Crippen LogP contribution in [0.2, 0.25) is 0 Å². The van der Waals surface area contributed by atoms with Gasteiger partial charge in [0.05, 0.1) is 12.1 Å². The second-order valence-electron chi connectivity index (χ2n) is 6.99. The van der Waals surface area contributed by atoms with Gasteiger partial charge in [0.25, 0.3) is 0 Å². The lowest BCUT2D eigenvalue weighted by Crippen LogP contribution is -2.23. The summed E-state index contributed by atoms with van der Waals surface area (Å²) in [4.78, 5) is 2.13. The van der Waals surface area contributed by atoms with E-state index < -0.39 is 11.7 Å². The van der Waals surface area contributed by atoms with Crippen molar-refractivity contribution in [2.75, 3.05) is 6.54 Å². The van der Waals surface area contributed by atoms with E-state index in [2.05, 4.69) is 41.0 Å². The van der Waals surface area contributed by atoms with Gasteiger partial charge in [0, 0.05) is 18.7 Å². The van der Waals surface area contributed by atoms with Gasteiger partial charge in [-0.3, -0.25) is 4.90 Å². The molecule has 0 radical (unpaired) electrons. The summed E-state index contributed by atoms with van der Waals surface area (Å²) in [5, 5.41) is 0. The molecule has 0 fully saturated rings. The van der Waals surface area contributed by atoms with E-state index in [1.165, 1.54) is 17.7 Å². The molecule has 0 saturated carbocycles. The summed E-state index contributed by atoms with van der Waals surface area (Å²) in [5.74, 6) is 6.33. The van der Waals surface area contributed by atoms with Gasteiger partial charge in [0.15, 0.2) is 0 Å². The highest BCUT2D eigenvalue weighted by molar-refractivity contribution is 5.34. The van der Waals surface area contributed by atoms with Gasteiger partial charge in [0.2, 0.25) is 0 Å². The van der Waals surface area contributed by atoms with Crippen LogP contribution in [0.5, 0.6) is 0 Å². The first-order valence-electron chi connectivity index (χ1n) is 9.38. The molecule has 0 aliphatic carbocycles. The van der Waals surface area contributed by atoms with E-state index in [1.54, 1.807) is 0 Å². The molecular formula is C25H22F3N. The zero-order valence-corrected chi connectivity index (χ0v) is 16.2. The van der Waals surface area contributed by atoms with Crippen molar-refractivity contribution in [2.24, 2.45) is 0 Å². The second-order valence-corrected chi connectivity index (χ2v) is 6.99. The van der Waals surface area contributed by atoms with Gasteiger partial charge in [-0.2, -0.15) is 13.2 Å². The normalized spacial score (nSPS) is 11.2. The smallest absolute Gasteiger partial charge is 0.284 e. The number of halogens is 3. The third-order valence-electron chi connectivity index (χ3n) is 4.52. The van der Waals surface area contributed by atoms with Gasteiger partial charge in [-0.05, 0) is 42.3 Å². The Hall–Kier alpha value is -3.03. The molecule has 0 N–H and O–H groups in total. The summed E-state index contributed by atoms with van der Waals surface area (Å²) in [5.41, 5.74) is 3.47. The first kappa shape index (κ1) is 20.7. The number of benzene rings is 3. The van der Waals surface area contributed by atoms with Crippen molar-refractivity contribution in [3.63, 3.8) is 0 Å². The van der Waals surface area contributed by atoms with Crippen molar-refractivity contribution >= 4 is 0 Å². The molecular weight excluding hydrogens is 371 g/mol. The molecule has 0 bridgehead atoms. The van der Waals surface area contributed by atoms with Crippen LogP contribution in [0.1, 0.15) is 27.8 Å². The molecule has 29 heavy (non-hydrogen) atoms. The lowest BCUT2D eigenvalue weighted by molar-refractivity contribution is -0.137. The summed E-state index contributed by atoms with van der Waals surface area (Å²) in [6, 6.07) is 23.3. The largest absolute Gasteiger partial charge is 0.416 e. The Bertz CT molecular complexity index is 963. The van der Waals surface area contributed by atoms with Crippen LogP contribution in [0.3, 0.4) is 0 Å². The van der Waals surface area contributed by atoms with Crippen LogP contribution in [0.4, 0.5) is 13.2 Å². The average molecular weight is 393 g/mol. The first-order chi connectivity index (χ1) is 13.9. The van der Waals surface area contributed by atoms with Crippen molar-refractivity contribution in [3.05, 3.63) is 107 Å². The van der Waals surface area contributed by atoms with Gasteiger partial charge in [0.1, 0.15) is 0 Å². The SMILES string of the molecule is Cc1ccc(CN(CC#Cc2ccccc2)Cc2ccc(C(F)(F)F)cc2)cc1. The highest BCUT2D eigenvalue weighted by Crippen LogP contribution is 2.29. The number of nitrogens with zero attached hydrogens (tertiary/aromatic N) is 1. The molecule has 3 aromatic carbocycles. The summed E-state index contributed by atoms with van der Waals surface area (Å²) in [7, 11) is 0. The van der Waals surface area contributed by atoms with E-state index in [9.17, 15) is 13.2 Å². The Kier molecular flexibility index (Phi) is 6.74. The van der Waals surface area contributed by atoms with Crippen LogP contribution >= 0.6 is 0 Å². The van der Waals surface area contributed by atoms with Crippen LogP contribution in [0.25, 0.3) is 0 Å². The summed E-state index contributed by atoms with van der Waals surface area (Å²) in [6.07, 6.45) is -4.32. The minimum absolute atomic E-state index is 0.518. The molecule has 0 atom stereocenters. The van der Waals surface area contributed by atoms with Crippen LogP contribution in [0, 0.1) is 18.8 Å². The standard InChI is InChI=1S/C25H22F3N/c1-20-9-11-22(12-10-20)18-29(17-5-8-21-6-3-2-4-7-21)19-23-13-15-24(16-14-23)25(26,27)28/h2-4,6-7,9-16H,17-19H2,1H3. The number of hydrogen-bond acceptors (Lipinski definition) is 1. The number of alkyl halides is 3. The fourth-order valence-corrected chi connectivity index (χ4v) is 2.95. The van der Waals surface area contributed by atoms with Gasteiger partial charge < -0.3 is 0 Å². The van der Waals surface area contributed by atoms with Crippen molar-refractivity contribution < 1.29 is 13.2 Å². The molecule has 3 aromatic rings. The predicted octanol–water partition coefficient (Wildman–Crippen LogP) is 6.07. The van der Waals surface area contributed by atoms with Gasteiger partial charge >= 0.3 is 6.18 Å². The maximum Gasteiger partial charge on any atom is 0.416 e. The zero-order valence-electron chi connectivity index (χ0n) is 16.2. The highest BCUT2D eigenvalue weighted by Gasteiger charge is 2.29. The van der Waals surface area contributed by atoms with Crippen molar-refractivity contribution in [1.29, 1.82) is 0 Å². The quantitative estimate of drug-likeness (QED) is 0.476. The number of rotatable bonds is 5. The van der Waals surface area contributed by atoms with Crippen molar-refractivity contribution in [2.45, 2.75) is 26.2 Å². The van der Waals surface area contributed by atoms with Gasteiger partial charge in [-0.15, -0.1) is 0 Å². The van der Waals surface area contributed by atoms with E-state index in [4.69, 9.17) is 0 Å². The minimum Gasteiger partial charge on any atom is -0.284 e. The molecule has 0 spiro atoms. The molecule has 1 nitrogen and oxygen atoms in total. The fraction of sp³-hybridized carbons (Fsp3) is 0.200. The Morgan fingerprint density at radius 2 is 1.31 bits per heavy atom. The molecule has 0 aliphatic heterocycles. The molecule has 4 heteroatoms. The van der Waals surface area contributed by atoms with E-state index >= 15 is 0 Å². The Labute approximate surface area is 169 Å². The lowest BCUT2D eigenvalue weighted by atomic mass is 10.1. The molecule has 0 saturated heterocycles. The van der Waals surface area contributed by atoms with Crippen LogP contribution < -0.4 is 0 Å². The van der Waals surface area contributed by atoms with E-state index in [-0.39, 0.29) is 0 Å². The molecule has 0 aliphatic rings. The molecule has 148 valence electrons.